The van der Waals surface area contributed by atoms with E-state index >= 15 is 0 Å². The number of carbonyl (C=O) groups excluding carboxylic acids is 2. The molecule has 0 aliphatic heterocycles. The zero-order chi connectivity index (χ0) is 13.6. The third kappa shape index (κ3) is 10.3. The van der Waals surface area contributed by atoms with Crippen molar-refractivity contribution in [3.05, 3.63) is 37.8 Å². The van der Waals surface area contributed by atoms with Gasteiger partial charge >= 0.3 is 11.9 Å². The first-order chi connectivity index (χ1) is 8.70. The summed E-state index contributed by atoms with van der Waals surface area (Å²) in [5, 5.41) is 0. The van der Waals surface area contributed by atoms with E-state index in [0.29, 0.717) is 0 Å². The minimum atomic E-state index is -0.651. The van der Waals surface area contributed by atoms with E-state index in [1.54, 1.807) is 0 Å². The maximum Gasteiger partial charge on any atom is 0.331 e. The molecular weight excluding hydrogens is 240 g/mol. The standard InChI is InChI=1S/C12H16O6/c1-3-15-7-9-17-11(13)5-6-12(14)18-10-8-16-4-2/h3-6H,1-2,7-10H2. The third-order valence-corrected chi connectivity index (χ3v) is 1.48. The molecular formula is C12H16O6. The van der Waals surface area contributed by atoms with E-state index in [-0.39, 0.29) is 26.4 Å². The fraction of sp³-hybridized carbons (Fsp3) is 0.333. The lowest BCUT2D eigenvalue weighted by Crippen LogP contribution is -2.09. The van der Waals surface area contributed by atoms with Crippen molar-refractivity contribution in [2.75, 3.05) is 26.4 Å². The molecule has 0 fully saturated rings. The van der Waals surface area contributed by atoms with Crippen LogP contribution in [-0.4, -0.2) is 38.4 Å². The van der Waals surface area contributed by atoms with Crippen LogP contribution in [0.4, 0.5) is 0 Å². The maximum absolute atomic E-state index is 11.1. The largest absolute Gasteiger partial charge is 0.498 e. The quantitative estimate of drug-likeness (QED) is 0.251. The molecule has 0 heterocycles. The molecule has 0 saturated carbocycles. The van der Waals surface area contributed by atoms with Crippen molar-refractivity contribution in [3.8, 4) is 0 Å². The van der Waals surface area contributed by atoms with E-state index in [9.17, 15) is 9.59 Å². The summed E-state index contributed by atoms with van der Waals surface area (Å²) in [4.78, 5) is 22.1. The molecule has 0 unspecified atom stereocenters. The van der Waals surface area contributed by atoms with Gasteiger partial charge in [-0.1, -0.05) is 13.2 Å². The zero-order valence-corrected chi connectivity index (χ0v) is 10.0. The molecule has 0 rings (SSSR count). The highest BCUT2D eigenvalue weighted by Crippen LogP contribution is 1.87. The fourth-order valence-corrected chi connectivity index (χ4v) is 0.780. The normalized spacial score (nSPS) is 9.56. The molecule has 0 spiro atoms. The van der Waals surface area contributed by atoms with E-state index in [2.05, 4.69) is 13.2 Å². The van der Waals surface area contributed by atoms with Gasteiger partial charge in [-0.2, -0.15) is 0 Å². The van der Waals surface area contributed by atoms with Crippen LogP contribution >= 0.6 is 0 Å². The molecule has 18 heavy (non-hydrogen) atoms. The minimum absolute atomic E-state index is 0.0808. The number of ether oxygens (including phenoxy) is 4. The van der Waals surface area contributed by atoms with Gasteiger partial charge in [0.15, 0.2) is 0 Å². The first-order valence-electron chi connectivity index (χ1n) is 5.17. The molecule has 0 aromatic rings. The molecule has 0 aliphatic rings. The van der Waals surface area contributed by atoms with Crippen LogP contribution in [0.1, 0.15) is 0 Å². The SMILES string of the molecule is C=COCCOC(=O)C=CC(=O)OCCOC=C. The Morgan fingerprint density at radius 1 is 0.778 bits per heavy atom. The van der Waals surface area contributed by atoms with Gasteiger partial charge in [-0.3, -0.25) is 0 Å². The fourth-order valence-electron chi connectivity index (χ4n) is 0.780. The highest BCUT2D eigenvalue weighted by molar-refractivity contribution is 5.91. The summed E-state index contributed by atoms with van der Waals surface area (Å²) >= 11 is 0. The molecule has 6 nitrogen and oxygen atoms in total. The van der Waals surface area contributed by atoms with Gasteiger partial charge in [0, 0.05) is 12.2 Å². The van der Waals surface area contributed by atoms with Crippen molar-refractivity contribution >= 4 is 11.9 Å². The summed E-state index contributed by atoms with van der Waals surface area (Å²) < 4.78 is 18.9. The van der Waals surface area contributed by atoms with Gasteiger partial charge in [0.05, 0.1) is 12.5 Å². The van der Waals surface area contributed by atoms with E-state index < -0.39 is 11.9 Å². The molecule has 6 heteroatoms. The van der Waals surface area contributed by atoms with Crippen LogP contribution in [-0.2, 0) is 28.5 Å². The second-order valence-corrected chi connectivity index (χ2v) is 2.74. The summed E-state index contributed by atoms with van der Waals surface area (Å²) in [5.74, 6) is -1.30. The Balaban J connectivity index is 3.64. The zero-order valence-electron chi connectivity index (χ0n) is 10.0. The number of carbonyl (C=O) groups is 2. The molecule has 0 atom stereocenters. The van der Waals surface area contributed by atoms with Crippen LogP contribution in [0.5, 0.6) is 0 Å². The first-order valence-corrected chi connectivity index (χ1v) is 5.17. The third-order valence-electron chi connectivity index (χ3n) is 1.48. The van der Waals surface area contributed by atoms with Crippen LogP contribution in [0.3, 0.4) is 0 Å². The monoisotopic (exact) mass is 256 g/mol. The second kappa shape index (κ2) is 11.3. The molecule has 0 N–H and O–H groups in total. The van der Waals surface area contributed by atoms with Crippen LogP contribution in [0.25, 0.3) is 0 Å². The van der Waals surface area contributed by atoms with E-state index in [0.717, 1.165) is 12.2 Å². The van der Waals surface area contributed by atoms with E-state index in [4.69, 9.17) is 18.9 Å². The number of esters is 2. The summed E-state index contributed by atoms with van der Waals surface area (Å²) in [5.41, 5.74) is 0. The Hall–Kier alpha value is -2.24. The number of hydrogen-bond donors (Lipinski definition) is 0. The van der Waals surface area contributed by atoms with Crippen molar-refractivity contribution in [2.24, 2.45) is 0 Å². The average molecular weight is 256 g/mol. The Morgan fingerprint density at radius 3 is 1.50 bits per heavy atom. The van der Waals surface area contributed by atoms with Crippen LogP contribution in [0, 0.1) is 0 Å². The van der Waals surface area contributed by atoms with Crippen molar-refractivity contribution in [1.82, 2.24) is 0 Å². The molecule has 0 aromatic carbocycles. The lowest BCUT2D eigenvalue weighted by Gasteiger charge is -2.02. The predicted octanol–water partition coefficient (Wildman–Crippen LogP) is 0.949. The lowest BCUT2D eigenvalue weighted by atomic mass is 10.5. The molecule has 0 amide bonds. The second-order valence-electron chi connectivity index (χ2n) is 2.74. The molecule has 0 bridgehead atoms. The predicted molar refractivity (Wildman–Crippen MR) is 63.4 cm³/mol. The Morgan fingerprint density at radius 2 is 1.17 bits per heavy atom. The summed E-state index contributed by atoms with van der Waals surface area (Å²) in [6.07, 6.45) is 4.44. The van der Waals surface area contributed by atoms with Crippen molar-refractivity contribution in [1.29, 1.82) is 0 Å². The van der Waals surface area contributed by atoms with E-state index in [1.165, 1.54) is 12.5 Å². The summed E-state index contributed by atoms with van der Waals surface area (Å²) in [6.45, 7) is 7.24. The minimum Gasteiger partial charge on any atom is -0.498 e. The van der Waals surface area contributed by atoms with Gasteiger partial charge in [-0.25, -0.2) is 9.59 Å². The Kier molecular flexibility index (Phi) is 9.85. The van der Waals surface area contributed by atoms with Crippen molar-refractivity contribution < 1.29 is 28.5 Å². The number of rotatable bonds is 10. The molecule has 0 radical (unpaired) electrons. The molecule has 0 aliphatic carbocycles. The van der Waals surface area contributed by atoms with Crippen molar-refractivity contribution in [3.63, 3.8) is 0 Å². The van der Waals surface area contributed by atoms with Gasteiger partial charge in [0.1, 0.15) is 26.4 Å². The van der Waals surface area contributed by atoms with Crippen LogP contribution in [0.2, 0.25) is 0 Å². The maximum atomic E-state index is 11.1. The highest BCUT2D eigenvalue weighted by atomic mass is 16.6. The Labute approximate surface area is 105 Å². The Bertz CT molecular complexity index is 278. The van der Waals surface area contributed by atoms with Gasteiger partial charge in [0.25, 0.3) is 0 Å². The molecule has 0 aromatic heterocycles. The highest BCUT2D eigenvalue weighted by Gasteiger charge is 2.00. The van der Waals surface area contributed by atoms with Gasteiger partial charge in [0.2, 0.25) is 0 Å². The van der Waals surface area contributed by atoms with Crippen LogP contribution < -0.4 is 0 Å². The topological polar surface area (TPSA) is 71.1 Å². The summed E-state index contributed by atoms with van der Waals surface area (Å²) in [6, 6.07) is 0. The van der Waals surface area contributed by atoms with Gasteiger partial charge in [-0.15, -0.1) is 0 Å². The van der Waals surface area contributed by atoms with Gasteiger partial charge < -0.3 is 18.9 Å². The lowest BCUT2D eigenvalue weighted by molar-refractivity contribution is -0.141. The molecule has 0 saturated heterocycles. The summed E-state index contributed by atoms with van der Waals surface area (Å²) in [7, 11) is 0. The van der Waals surface area contributed by atoms with Gasteiger partial charge in [-0.05, 0) is 0 Å². The molecule has 100 valence electrons. The first kappa shape index (κ1) is 15.8. The smallest absolute Gasteiger partial charge is 0.331 e. The number of hydrogen-bond acceptors (Lipinski definition) is 6. The average Bonchev–Trinajstić information content (AvgIpc) is 2.37. The van der Waals surface area contributed by atoms with Crippen LogP contribution in [0.15, 0.2) is 37.8 Å². The van der Waals surface area contributed by atoms with Crippen molar-refractivity contribution in [2.45, 2.75) is 0 Å². The van der Waals surface area contributed by atoms with E-state index in [1.807, 2.05) is 0 Å².